The molecule has 0 radical (unpaired) electrons. The third-order valence-electron chi connectivity index (χ3n) is 2.25. The van der Waals surface area contributed by atoms with E-state index >= 15 is 0 Å². The largest absolute Gasteiger partial charge is 0.345 e. The fourth-order valence-corrected chi connectivity index (χ4v) is 1.71. The lowest BCUT2D eigenvalue weighted by molar-refractivity contribution is -0.0606. The Kier molecular flexibility index (Phi) is 3.21. The fraction of sp³-hybridized carbons (Fsp3) is 0.400. The van der Waals surface area contributed by atoms with Crippen LogP contribution in [0.15, 0.2) is 18.2 Å². The second kappa shape index (κ2) is 4.45. The van der Waals surface area contributed by atoms with Gasteiger partial charge in [-0.25, -0.2) is 4.39 Å². The maximum absolute atomic E-state index is 13.5. The quantitative estimate of drug-likeness (QED) is 0.845. The molecule has 3 nitrogen and oxygen atoms in total. The summed E-state index contributed by atoms with van der Waals surface area (Å²) in [6.07, 6.45) is -0.932. The highest BCUT2D eigenvalue weighted by atomic mass is 35.5. The molecule has 0 spiro atoms. The minimum absolute atomic E-state index is 0.189. The third-order valence-corrected chi connectivity index (χ3v) is 2.58. The average Bonchev–Trinajstić information content (AvgIpc) is 2.66. The summed E-state index contributed by atoms with van der Waals surface area (Å²) < 4.78 is 24.1. The Morgan fingerprint density at radius 2 is 2.33 bits per heavy atom. The maximum atomic E-state index is 13.5. The number of halogens is 2. The predicted molar refractivity (Wildman–Crippen MR) is 54.0 cm³/mol. The van der Waals surface area contributed by atoms with E-state index in [9.17, 15) is 4.39 Å². The van der Waals surface area contributed by atoms with Crippen molar-refractivity contribution in [2.24, 2.45) is 5.73 Å². The molecule has 0 aromatic heterocycles. The van der Waals surface area contributed by atoms with Crippen LogP contribution in [0.25, 0.3) is 0 Å². The van der Waals surface area contributed by atoms with Gasteiger partial charge in [0.15, 0.2) is 6.29 Å². The summed E-state index contributed by atoms with van der Waals surface area (Å²) >= 11 is 5.87. The number of rotatable bonds is 2. The highest BCUT2D eigenvalue weighted by molar-refractivity contribution is 6.31. The van der Waals surface area contributed by atoms with E-state index in [1.165, 1.54) is 12.1 Å². The molecule has 0 amide bonds. The van der Waals surface area contributed by atoms with E-state index in [0.29, 0.717) is 18.2 Å². The van der Waals surface area contributed by atoms with Gasteiger partial charge in [-0.1, -0.05) is 17.7 Å². The van der Waals surface area contributed by atoms with Crippen LogP contribution in [0.5, 0.6) is 0 Å². The van der Waals surface area contributed by atoms with Gasteiger partial charge in [0.1, 0.15) is 5.82 Å². The van der Waals surface area contributed by atoms with Crippen LogP contribution in [0.2, 0.25) is 5.02 Å². The Labute approximate surface area is 91.9 Å². The molecular weight excluding hydrogens is 221 g/mol. The first kappa shape index (κ1) is 10.8. The molecule has 2 atom stereocenters. The molecule has 5 heteroatoms. The zero-order chi connectivity index (χ0) is 10.8. The zero-order valence-corrected chi connectivity index (χ0v) is 8.71. The minimum Gasteiger partial charge on any atom is -0.345 e. The van der Waals surface area contributed by atoms with Crippen molar-refractivity contribution in [2.75, 3.05) is 13.2 Å². The van der Waals surface area contributed by atoms with Crippen LogP contribution in [0.4, 0.5) is 4.39 Å². The average molecular weight is 232 g/mol. The Balaban J connectivity index is 2.23. The van der Waals surface area contributed by atoms with Gasteiger partial charge in [0.2, 0.25) is 0 Å². The van der Waals surface area contributed by atoms with Crippen LogP contribution in [0, 0.1) is 5.82 Å². The molecule has 2 unspecified atom stereocenters. The summed E-state index contributed by atoms with van der Waals surface area (Å²) in [7, 11) is 0. The van der Waals surface area contributed by atoms with E-state index in [0.717, 1.165) is 0 Å². The highest BCUT2D eigenvalue weighted by Gasteiger charge is 2.29. The number of hydrogen-bond donors (Lipinski definition) is 1. The van der Waals surface area contributed by atoms with E-state index in [1.807, 2.05) is 0 Å². The van der Waals surface area contributed by atoms with E-state index in [1.54, 1.807) is 6.07 Å². The van der Waals surface area contributed by atoms with E-state index < -0.39 is 12.1 Å². The van der Waals surface area contributed by atoms with Gasteiger partial charge < -0.3 is 15.2 Å². The van der Waals surface area contributed by atoms with Crippen LogP contribution in [0.3, 0.4) is 0 Å². The molecule has 1 aromatic carbocycles. The molecule has 1 aliphatic heterocycles. The van der Waals surface area contributed by atoms with E-state index in [-0.39, 0.29) is 11.7 Å². The van der Waals surface area contributed by atoms with Gasteiger partial charge in [0.05, 0.1) is 23.3 Å². The summed E-state index contributed by atoms with van der Waals surface area (Å²) in [5.41, 5.74) is 5.66. The summed E-state index contributed by atoms with van der Waals surface area (Å²) in [4.78, 5) is 0. The first-order valence-electron chi connectivity index (χ1n) is 4.63. The smallest absolute Gasteiger partial charge is 0.188 e. The lowest BCUT2D eigenvalue weighted by atomic mass is 10.2. The standard InChI is InChI=1S/C10H11ClFNO2/c11-7-2-1-3-8(12)9(7)10-14-5-6(4-13)15-10/h1-3,6,10H,4-5,13H2. The van der Waals surface area contributed by atoms with Crippen molar-refractivity contribution in [1.82, 2.24) is 0 Å². The monoisotopic (exact) mass is 231 g/mol. The fourth-order valence-electron chi connectivity index (χ4n) is 1.46. The summed E-state index contributed by atoms with van der Waals surface area (Å²) in [5, 5.41) is 0.303. The summed E-state index contributed by atoms with van der Waals surface area (Å²) in [6, 6.07) is 4.46. The van der Waals surface area contributed by atoms with Gasteiger partial charge in [-0.15, -0.1) is 0 Å². The maximum Gasteiger partial charge on any atom is 0.188 e. The van der Waals surface area contributed by atoms with Gasteiger partial charge >= 0.3 is 0 Å². The van der Waals surface area contributed by atoms with Crippen molar-refractivity contribution in [3.05, 3.63) is 34.6 Å². The zero-order valence-electron chi connectivity index (χ0n) is 7.95. The van der Waals surface area contributed by atoms with Gasteiger partial charge in [-0.2, -0.15) is 0 Å². The van der Waals surface area contributed by atoms with Gasteiger partial charge in [0, 0.05) is 6.54 Å². The molecule has 15 heavy (non-hydrogen) atoms. The molecule has 2 N–H and O–H groups in total. The van der Waals surface area contributed by atoms with E-state index in [4.69, 9.17) is 26.8 Å². The number of nitrogens with two attached hydrogens (primary N) is 1. The van der Waals surface area contributed by atoms with Gasteiger partial charge in [-0.3, -0.25) is 0 Å². The first-order chi connectivity index (χ1) is 7.22. The molecule has 0 saturated carbocycles. The third kappa shape index (κ3) is 2.13. The molecule has 1 aromatic rings. The number of ether oxygens (including phenoxy) is 2. The summed E-state index contributed by atoms with van der Waals surface area (Å²) in [6.45, 7) is 0.717. The Bertz CT molecular complexity index is 341. The molecule has 1 heterocycles. The van der Waals surface area contributed by atoms with Gasteiger partial charge in [-0.05, 0) is 12.1 Å². The van der Waals surface area contributed by atoms with Crippen LogP contribution < -0.4 is 5.73 Å². The Hall–Kier alpha value is -0.680. The van der Waals surface area contributed by atoms with Crippen molar-refractivity contribution < 1.29 is 13.9 Å². The summed E-state index contributed by atoms with van der Waals surface area (Å²) in [5.74, 6) is -0.426. The van der Waals surface area contributed by atoms with Crippen LogP contribution in [0.1, 0.15) is 11.9 Å². The van der Waals surface area contributed by atoms with Crippen molar-refractivity contribution in [2.45, 2.75) is 12.4 Å². The molecule has 1 aliphatic rings. The van der Waals surface area contributed by atoms with Crippen molar-refractivity contribution in [1.29, 1.82) is 0 Å². The lowest BCUT2D eigenvalue weighted by Crippen LogP contribution is -2.21. The first-order valence-corrected chi connectivity index (χ1v) is 5.01. The Morgan fingerprint density at radius 1 is 1.53 bits per heavy atom. The normalized spacial score (nSPS) is 25.8. The van der Waals surface area contributed by atoms with Crippen molar-refractivity contribution in [3.63, 3.8) is 0 Å². The van der Waals surface area contributed by atoms with Crippen molar-refractivity contribution >= 4 is 11.6 Å². The molecule has 0 bridgehead atoms. The Morgan fingerprint density at radius 3 is 2.93 bits per heavy atom. The topological polar surface area (TPSA) is 44.5 Å². The molecule has 1 saturated heterocycles. The number of benzene rings is 1. The second-order valence-electron chi connectivity index (χ2n) is 3.29. The van der Waals surface area contributed by atoms with Crippen LogP contribution in [-0.2, 0) is 9.47 Å². The van der Waals surface area contributed by atoms with Crippen molar-refractivity contribution in [3.8, 4) is 0 Å². The van der Waals surface area contributed by atoms with E-state index in [2.05, 4.69) is 0 Å². The minimum atomic E-state index is -0.743. The van der Waals surface area contributed by atoms with Crippen LogP contribution >= 0.6 is 11.6 Å². The number of hydrogen-bond acceptors (Lipinski definition) is 3. The molecular formula is C10H11ClFNO2. The van der Waals surface area contributed by atoms with Gasteiger partial charge in [0.25, 0.3) is 0 Å². The molecule has 2 rings (SSSR count). The molecule has 82 valence electrons. The second-order valence-corrected chi connectivity index (χ2v) is 3.70. The van der Waals surface area contributed by atoms with Crippen LogP contribution in [-0.4, -0.2) is 19.3 Å². The lowest BCUT2D eigenvalue weighted by Gasteiger charge is -2.13. The highest BCUT2D eigenvalue weighted by Crippen LogP contribution is 2.33. The SMILES string of the molecule is NCC1COC(c2c(F)cccc2Cl)O1. The molecule has 1 fully saturated rings. The predicted octanol–water partition coefficient (Wildman–Crippen LogP) is 1.85. The molecule has 0 aliphatic carbocycles.